The van der Waals surface area contributed by atoms with E-state index in [0.29, 0.717) is 6.42 Å². The second kappa shape index (κ2) is 5.98. The van der Waals surface area contributed by atoms with Crippen molar-refractivity contribution in [1.82, 2.24) is 0 Å². The van der Waals surface area contributed by atoms with Gasteiger partial charge in [0.25, 0.3) is 0 Å². The predicted octanol–water partition coefficient (Wildman–Crippen LogP) is 4.67. The first-order valence-electron chi connectivity index (χ1n) is 6.10. The Hall–Kier alpha value is -1.67. The highest BCUT2D eigenvalue weighted by molar-refractivity contribution is 6.31. The van der Waals surface area contributed by atoms with E-state index in [1.54, 1.807) is 19.1 Å². The summed E-state index contributed by atoms with van der Waals surface area (Å²) in [6, 6.07) is 12.5. The summed E-state index contributed by atoms with van der Waals surface area (Å²) < 4.78 is 13.1. The molecule has 0 aromatic heterocycles. The van der Waals surface area contributed by atoms with Gasteiger partial charge < -0.3 is 4.79 Å². The maximum absolute atomic E-state index is 13.1. The van der Waals surface area contributed by atoms with Crippen LogP contribution in [0.15, 0.2) is 42.5 Å². The van der Waals surface area contributed by atoms with Crippen molar-refractivity contribution >= 4 is 17.4 Å². The molecule has 0 fully saturated rings. The van der Waals surface area contributed by atoms with E-state index in [2.05, 4.69) is 0 Å². The third-order valence-electron chi connectivity index (χ3n) is 2.95. The molecule has 19 heavy (non-hydrogen) atoms. The van der Waals surface area contributed by atoms with Crippen molar-refractivity contribution < 1.29 is 9.18 Å². The first kappa shape index (κ1) is 13.8. The summed E-state index contributed by atoms with van der Waals surface area (Å²) in [5, 5.41) is 0.117. The van der Waals surface area contributed by atoms with Crippen LogP contribution in [0.4, 0.5) is 4.39 Å². The van der Waals surface area contributed by atoms with Crippen LogP contribution in [0, 0.1) is 5.82 Å². The largest absolute Gasteiger partial charge is 0.300 e. The van der Waals surface area contributed by atoms with E-state index in [-0.39, 0.29) is 10.8 Å². The van der Waals surface area contributed by atoms with Gasteiger partial charge in [-0.2, -0.15) is 0 Å². The normalized spacial score (nSPS) is 10.5. The number of aryl methyl sites for hydroxylation is 1. The molecule has 0 saturated heterocycles. The van der Waals surface area contributed by atoms with Crippen molar-refractivity contribution in [2.24, 2.45) is 0 Å². The molecule has 0 radical (unpaired) electrons. The molecule has 0 bridgehead atoms. The van der Waals surface area contributed by atoms with Gasteiger partial charge in [-0.1, -0.05) is 41.9 Å². The molecule has 2 aromatic rings. The van der Waals surface area contributed by atoms with Gasteiger partial charge in [0.1, 0.15) is 11.6 Å². The Morgan fingerprint density at radius 1 is 1.16 bits per heavy atom. The number of halogens is 2. The number of carbonyl (C=O) groups is 1. The number of ketones is 1. The van der Waals surface area contributed by atoms with E-state index in [1.165, 1.54) is 6.07 Å². The van der Waals surface area contributed by atoms with Gasteiger partial charge in [0.2, 0.25) is 0 Å². The summed E-state index contributed by atoms with van der Waals surface area (Å²) in [4.78, 5) is 11.0. The predicted molar refractivity (Wildman–Crippen MR) is 75.8 cm³/mol. The maximum Gasteiger partial charge on any atom is 0.141 e. The molecule has 0 amide bonds. The Morgan fingerprint density at radius 3 is 2.58 bits per heavy atom. The van der Waals surface area contributed by atoms with E-state index in [4.69, 9.17) is 11.6 Å². The first-order chi connectivity index (χ1) is 9.06. The molecule has 0 N–H and O–H groups in total. The van der Waals surface area contributed by atoms with E-state index >= 15 is 0 Å². The van der Waals surface area contributed by atoms with Crippen LogP contribution >= 0.6 is 11.6 Å². The zero-order valence-electron chi connectivity index (χ0n) is 10.6. The summed E-state index contributed by atoms with van der Waals surface area (Å²) in [6.07, 6.45) is 1.26. The summed E-state index contributed by atoms with van der Waals surface area (Å²) in [5.74, 6) is -0.242. The first-order valence-corrected chi connectivity index (χ1v) is 6.48. The van der Waals surface area contributed by atoms with Crippen LogP contribution in [0.3, 0.4) is 0 Å². The standard InChI is InChI=1S/C16H14ClFO/c1-11(19)5-6-12-3-2-4-13(9-12)14-7-8-16(18)15(17)10-14/h2-4,7-10H,5-6H2,1H3. The molecule has 0 aliphatic heterocycles. The van der Waals surface area contributed by atoms with Gasteiger partial charge in [0, 0.05) is 6.42 Å². The molecule has 0 heterocycles. The molecule has 0 aliphatic rings. The fraction of sp³-hybridized carbons (Fsp3) is 0.188. The van der Waals surface area contributed by atoms with Crippen LogP contribution in [-0.2, 0) is 11.2 Å². The minimum Gasteiger partial charge on any atom is -0.300 e. The SMILES string of the molecule is CC(=O)CCc1cccc(-c2ccc(F)c(Cl)c2)c1. The number of hydrogen-bond donors (Lipinski definition) is 0. The van der Waals surface area contributed by atoms with Crippen molar-refractivity contribution in [1.29, 1.82) is 0 Å². The lowest BCUT2D eigenvalue weighted by Crippen LogP contribution is -1.94. The van der Waals surface area contributed by atoms with Crippen molar-refractivity contribution in [3.63, 3.8) is 0 Å². The number of Topliss-reactive ketones (excluding diaryl/α,β-unsaturated/α-hetero) is 1. The second-order valence-electron chi connectivity index (χ2n) is 4.53. The van der Waals surface area contributed by atoms with Crippen molar-refractivity contribution in [2.75, 3.05) is 0 Å². The molecule has 0 atom stereocenters. The molecule has 98 valence electrons. The van der Waals surface area contributed by atoms with Crippen molar-refractivity contribution in [2.45, 2.75) is 19.8 Å². The zero-order valence-corrected chi connectivity index (χ0v) is 11.4. The molecule has 2 rings (SSSR count). The average molecular weight is 277 g/mol. The minimum atomic E-state index is -0.418. The Balaban J connectivity index is 2.27. The maximum atomic E-state index is 13.1. The third kappa shape index (κ3) is 3.65. The van der Waals surface area contributed by atoms with Crippen molar-refractivity contribution in [3.8, 4) is 11.1 Å². The molecule has 1 nitrogen and oxygen atoms in total. The van der Waals surface area contributed by atoms with Gasteiger partial charge in [-0.05, 0) is 42.2 Å². The second-order valence-corrected chi connectivity index (χ2v) is 4.94. The topological polar surface area (TPSA) is 17.1 Å². The fourth-order valence-electron chi connectivity index (χ4n) is 1.90. The quantitative estimate of drug-likeness (QED) is 0.793. The van der Waals surface area contributed by atoms with E-state index in [0.717, 1.165) is 23.1 Å². The van der Waals surface area contributed by atoms with Crippen LogP contribution in [0.25, 0.3) is 11.1 Å². The molecule has 0 spiro atoms. The van der Waals surface area contributed by atoms with E-state index in [9.17, 15) is 9.18 Å². The van der Waals surface area contributed by atoms with Gasteiger partial charge in [0.15, 0.2) is 0 Å². The Bertz CT molecular complexity index is 607. The number of rotatable bonds is 4. The molecule has 0 unspecified atom stereocenters. The van der Waals surface area contributed by atoms with Gasteiger partial charge >= 0.3 is 0 Å². The molecule has 3 heteroatoms. The monoisotopic (exact) mass is 276 g/mol. The Kier molecular flexibility index (Phi) is 4.33. The molecule has 0 aliphatic carbocycles. The highest BCUT2D eigenvalue weighted by Gasteiger charge is 2.04. The highest BCUT2D eigenvalue weighted by Crippen LogP contribution is 2.25. The summed E-state index contributed by atoms with van der Waals surface area (Å²) in [5.41, 5.74) is 2.94. The average Bonchev–Trinajstić information content (AvgIpc) is 2.40. The summed E-state index contributed by atoms with van der Waals surface area (Å²) in [7, 11) is 0. The van der Waals surface area contributed by atoms with Crippen LogP contribution in [-0.4, -0.2) is 5.78 Å². The molecule has 0 saturated carbocycles. The fourth-order valence-corrected chi connectivity index (χ4v) is 2.08. The van der Waals surface area contributed by atoms with E-state index < -0.39 is 5.82 Å². The van der Waals surface area contributed by atoms with Crippen LogP contribution < -0.4 is 0 Å². The van der Waals surface area contributed by atoms with Crippen LogP contribution in [0.1, 0.15) is 18.9 Å². The molecular weight excluding hydrogens is 263 g/mol. The Morgan fingerprint density at radius 2 is 1.89 bits per heavy atom. The van der Waals surface area contributed by atoms with Gasteiger partial charge in [-0.25, -0.2) is 4.39 Å². The number of carbonyl (C=O) groups excluding carboxylic acids is 1. The lowest BCUT2D eigenvalue weighted by atomic mass is 10.0. The molecular formula is C16H14ClFO. The zero-order chi connectivity index (χ0) is 13.8. The van der Waals surface area contributed by atoms with E-state index in [1.807, 2.05) is 24.3 Å². The summed E-state index contributed by atoms with van der Waals surface area (Å²) in [6.45, 7) is 1.59. The molecule has 2 aromatic carbocycles. The lowest BCUT2D eigenvalue weighted by Gasteiger charge is -2.06. The highest BCUT2D eigenvalue weighted by atomic mass is 35.5. The van der Waals surface area contributed by atoms with Crippen LogP contribution in [0.2, 0.25) is 5.02 Å². The van der Waals surface area contributed by atoms with Gasteiger partial charge in [-0.15, -0.1) is 0 Å². The van der Waals surface area contributed by atoms with Gasteiger partial charge in [-0.3, -0.25) is 0 Å². The minimum absolute atomic E-state index is 0.117. The smallest absolute Gasteiger partial charge is 0.141 e. The number of hydrogen-bond acceptors (Lipinski definition) is 1. The lowest BCUT2D eigenvalue weighted by molar-refractivity contribution is -0.116. The van der Waals surface area contributed by atoms with Crippen molar-refractivity contribution in [3.05, 3.63) is 58.9 Å². The Labute approximate surface area is 117 Å². The number of benzene rings is 2. The van der Waals surface area contributed by atoms with Gasteiger partial charge in [0.05, 0.1) is 5.02 Å². The third-order valence-corrected chi connectivity index (χ3v) is 3.24. The van der Waals surface area contributed by atoms with Crippen LogP contribution in [0.5, 0.6) is 0 Å². The summed E-state index contributed by atoms with van der Waals surface area (Å²) >= 11 is 5.79.